The summed E-state index contributed by atoms with van der Waals surface area (Å²) in [5.41, 5.74) is 4.80. The van der Waals surface area contributed by atoms with E-state index in [-0.39, 0.29) is 21.5 Å². The summed E-state index contributed by atoms with van der Waals surface area (Å²) in [5, 5.41) is 25.7. The van der Waals surface area contributed by atoms with Crippen LogP contribution in [0.1, 0.15) is 15.9 Å². The van der Waals surface area contributed by atoms with E-state index in [1.807, 2.05) is 48.5 Å². The first-order chi connectivity index (χ1) is 15.4. The summed E-state index contributed by atoms with van der Waals surface area (Å²) in [5.74, 6) is -0.713. The molecule has 0 fully saturated rings. The number of nitrogens with one attached hydrogen (secondary N) is 1. The van der Waals surface area contributed by atoms with Crippen LogP contribution in [0.5, 0.6) is 5.75 Å². The molecule has 1 amide bonds. The number of para-hydroxylation sites is 1. The fourth-order valence-electron chi connectivity index (χ4n) is 3.15. The minimum atomic E-state index is -0.589. The number of fused-ring (bicyclic) bond motifs is 1. The number of pyridine rings is 1. The van der Waals surface area contributed by atoms with Crippen LogP contribution in [0.4, 0.5) is 5.69 Å². The average Bonchev–Trinajstić information content (AvgIpc) is 2.81. The summed E-state index contributed by atoms with van der Waals surface area (Å²) in [6.45, 7) is 0. The molecule has 1 aromatic heterocycles. The minimum Gasteiger partial charge on any atom is -0.506 e. The van der Waals surface area contributed by atoms with Crippen molar-refractivity contribution in [2.75, 3.05) is 0 Å². The fraction of sp³-hybridized carbons (Fsp3) is 0. The number of aromatic hydroxyl groups is 1. The highest BCUT2D eigenvalue weighted by molar-refractivity contribution is 9.10. The third-order valence-corrected chi connectivity index (χ3v) is 5.29. The maximum atomic E-state index is 12.9. The Hall–Kier alpha value is -4.11. The van der Waals surface area contributed by atoms with Crippen molar-refractivity contribution in [3.8, 4) is 17.0 Å². The predicted octanol–water partition coefficient (Wildman–Crippen LogP) is 5.04. The van der Waals surface area contributed by atoms with Crippen LogP contribution in [0.25, 0.3) is 22.2 Å². The maximum absolute atomic E-state index is 12.9. The minimum absolute atomic E-state index is 0.0796. The van der Waals surface area contributed by atoms with Crippen molar-refractivity contribution in [3.05, 3.63) is 98.5 Å². The number of hydrogen-bond acceptors (Lipinski definition) is 6. The standard InChI is InChI=1S/C23H15BrN4O4/c24-19-11-16(28(31)32)10-15(22(19)29)13-25-27-23(30)18-12-21(14-6-2-1-3-7-14)26-20-9-5-4-8-17(18)20/h1-13,29H,(H,27,30)/b25-13-. The highest BCUT2D eigenvalue weighted by Gasteiger charge is 2.15. The number of amides is 1. The molecule has 0 aliphatic heterocycles. The summed E-state index contributed by atoms with van der Waals surface area (Å²) >= 11 is 3.07. The van der Waals surface area contributed by atoms with Gasteiger partial charge in [0.2, 0.25) is 0 Å². The lowest BCUT2D eigenvalue weighted by molar-refractivity contribution is -0.385. The number of phenolic OH excluding ortho intramolecular Hbond substituents is 1. The number of nitro groups is 1. The van der Waals surface area contributed by atoms with Gasteiger partial charge in [0.15, 0.2) is 0 Å². The molecule has 32 heavy (non-hydrogen) atoms. The van der Waals surface area contributed by atoms with Crippen molar-refractivity contribution in [3.63, 3.8) is 0 Å². The molecule has 4 rings (SSSR count). The van der Waals surface area contributed by atoms with Gasteiger partial charge in [0.25, 0.3) is 11.6 Å². The van der Waals surface area contributed by atoms with Gasteiger partial charge in [0.05, 0.1) is 32.4 Å². The number of nitro benzene ring substituents is 1. The van der Waals surface area contributed by atoms with Crippen LogP contribution < -0.4 is 5.43 Å². The number of nitrogens with zero attached hydrogens (tertiary/aromatic N) is 3. The first-order valence-corrected chi connectivity index (χ1v) is 10.2. The molecule has 0 bridgehead atoms. The quantitative estimate of drug-likeness (QED) is 0.230. The molecule has 0 saturated carbocycles. The van der Waals surface area contributed by atoms with Crippen molar-refractivity contribution in [1.29, 1.82) is 0 Å². The number of aromatic nitrogens is 1. The zero-order valence-corrected chi connectivity index (χ0v) is 18.0. The Labute approximate surface area is 190 Å². The summed E-state index contributed by atoms with van der Waals surface area (Å²) in [6, 6.07) is 20.8. The molecule has 4 aromatic rings. The summed E-state index contributed by atoms with van der Waals surface area (Å²) in [7, 11) is 0. The molecular formula is C23H15BrN4O4. The van der Waals surface area contributed by atoms with E-state index < -0.39 is 10.8 Å². The Bertz CT molecular complexity index is 1370. The molecule has 3 aromatic carbocycles. The number of halogens is 1. The van der Waals surface area contributed by atoms with Crippen LogP contribution in [-0.2, 0) is 0 Å². The van der Waals surface area contributed by atoms with Crippen LogP contribution in [0.3, 0.4) is 0 Å². The van der Waals surface area contributed by atoms with Gasteiger partial charge in [0.1, 0.15) is 5.75 Å². The van der Waals surface area contributed by atoms with E-state index in [1.165, 1.54) is 6.07 Å². The monoisotopic (exact) mass is 490 g/mol. The maximum Gasteiger partial charge on any atom is 0.272 e. The van der Waals surface area contributed by atoms with Crippen LogP contribution in [0.15, 0.2) is 82.4 Å². The lowest BCUT2D eigenvalue weighted by atomic mass is 10.0. The molecule has 0 saturated heterocycles. The second kappa shape index (κ2) is 8.94. The summed E-state index contributed by atoms with van der Waals surface area (Å²) in [6.07, 6.45) is 1.15. The van der Waals surface area contributed by atoms with Gasteiger partial charge < -0.3 is 5.11 Å². The highest BCUT2D eigenvalue weighted by atomic mass is 79.9. The van der Waals surface area contributed by atoms with Gasteiger partial charge in [-0.1, -0.05) is 48.5 Å². The van der Waals surface area contributed by atoms with E-state index in [4.69, 9.17) is 0 Å². The number of hydrogen-bond donors (Lipinski definition) is 2. The molecular weight excluding hydrogens is 476 g/mol. The smallest absolute Gasteiger partial charge is 0.272 e. The Morgan fingerprint density at radius 3 is 2.56 bits per heavy atom. The molecule has 0 radical (unpaired) electrons. The molecule has 1 heterocycles. The first kappa shape index (κ1) is 21.1. The van der Waals surface area contributed by atoms with Crippen molar-refractivity contribution in [2.24, 2.45) is 5.10 Å². The Balaban J connectivity index is 1.67. The van der Waals surface area contributed by atoms with Crippen LogP contribution in [0, 0.1) is 10.1 Å². The highest BCUT2D eigenvalue weighted by Crippen LogP contribution is 2.31. The van der Waals surface area contributed by atoms with E-state index in [1.54, 1.807) is 12.1 Å². The van der Waals surface area contributed by atoms with Crippen molar-refractivity contribution in [1.82, 2.24) is 10.4 Å². The number of carbonyl (C=O) groups excluding carboxylic acids is 1. The summed E-state index contributed by atoms with van der Waals surface area (Å²) in [4.78, 5) is 28.0. The number of hydrazone groups is 1. The van der Waals surface area contributed by atoms with Gasteiger partial charge in [-0.05, 0) is 28.1 Å². The van der Waals surface area contributed by atoms with E-state index in [0.717, 1.165) is 17.8 Å². The zero-order valence-electron chi connectivity index (χ0n) is 16.4. The van der Waals surface area contributed by atoms with Crippen LogP contribution >= 0.6 is 15.9 Å². The Morgan fingerprint density at radius 2 is 1.81 bits per heavy atom. The first-order valence-electron chi connectivity index (χ1n) is 9.39. The molecule has 9 heteroatoms. The van der Waals surface area contributed by atoms with Crippen molar-refractivity contribution < 1.29 is 14.8 Å². The van der Waals surface area contributed by atoms with Crippen molar-refractivity contribution in [2.45, 2.75) is 0 Å². The largest absolute Gasteiger partial charge is 0.506 e. The van der Waals surface area contributed by atoms with Gasteiger partial charge >= 0.3 is 0 Å². The SMILES string of the molecule is O=C(N/N=C\c1cc([N+](=O)[O-])cc(Br)c1O)c1cc(-c2ccccc2)nc2ccccc12. The number of phenols is 1. The molecule has 0 unspecified atom stereocenters. The van der Waals surface area contributed by atoms with Crippen LogP contribution in [0.2, 0.25) is 0 Å². The van der Waals surface area contributed by atoms with E-state index in [0.29, 0.717) is 22.2 Å². The molecule has 0 atom stereocenters. The number of non-ortho nitro benzene ring substituents is 1. The lowest BCUT2D eigenvalue weighted by Gasteiger charge is -2.09. The van der Waals surface area contributed by atoms with E-state index in [2.05, 4.69) is 31.4 Å². The van der Waals surface area contributed by atoms with Gasteiger partial charge in [-0.25, -0.2) is 10.4 Å². The number of carbonyl (C=O) groups is 1. The number of rotatable bonds is 5. The summed E-state index contributed by atoms with van der Waals surface area (Å²) < 4.78 is 0.145. The predicted molar refractivity (Wildman–Crippen MR) is 125 cm³/mol. The molecule has 158 valence electrons. The fourth-order valence-corrected chi connectivity index (χ4v) is 3.61. The third kappa shape index (κ3) is 4.33. The normalized spacial score (nSPS) is 11.0. The van der Waals surface area contributed by atoms with E-state index in [9.17, 15) is 20.0 Å². The number of benzene rings is 3. The molecule has 0 spiro atoms. The van der Waals surface area contributed by atoms with Gasteiger partial charge in [-0.3, -0.25) is 14.9 Å². The lowest BCUT2D eigenvalue weighted by Crippen LogP contribution is -2.18. The van der Waals surface area contributed by atoms with Crippen molar-refractivity contribution >= 4 is 44.6 Å². The molecule has 0 aliphatic carbocycles. The second-order valence-corrected chi connectivity index (χ2v) is 7.61. The van der Waals surface area contributed by atoms with E-state index >= 15 is 0 Å². The zero-order chi connectivity index (χ0) is 22.7. The average molecular weight is 491 g/mol. The van der Waals surface area contributed by atoms with Gasteiger partial charge in [-0.2, -0.15) is 5.10 Å². The second-order valence-electron chi connectivity index (χ2n) is 6.76. The third-order valence-electron chi connectivity index (χ3n) is 4.69. The Kier molecular flexibility index (Phi) is 5.91. The molecule has 0 aliphatic rings. The topological polar surface area (TPSA) is 118 Å². The van der Waals surface area contributed by atoms with Crippen LogP contribution in [-0.4, -0.2) is 27.1 Å². The van der Waals surface area contributed by atoms with Gasteiger partial charge in [0, 0.05) is 28.6 Å². The molecule has 2 N–H and O–H groups in total. The van der Waals surface area contributed by atoms with Gasteiger partial charge in [-0.15, -0.1) is 0 Å². The Morgan fingerprint density at radius 1 is 1.09 bits per heavy atom. The molecule has 8 nitrogen and oxygen atoms in total.